The van der Waals surface area contributed by atoms with Gasteiger partial charge in [0, 0.05) is 37.4 Å². The second kappa shape index (κ2) is 9.74. The number of hydrogen-bond acceptors (Lipinski definition) is 6. The molecule has 8 heteroatoms. The summed E-state index contributed by atoms with van der Waals surface area (Å²) in [5.41, 5.74) is 4.13. The van der Waals surface area contributed by atoms with Crippen LogP contribution in [0.1, 0.15) is 35.4 Å². The van der Waals surface area contributed by atoms with Gasteiger partial charge in [-0.15, -0.1) is 0 Å². The van der Waals surface area contributed by atoms with Crippen molar-refractivity contribution in [2.75, 3.05) is 32.2 Å². The van der Waals surface area contributed by atoms with E-state index in [4.69, 9.17) is 14.2 Å². The van der Waals surface area contributed by atoms with Crippen LogP contribution in [0.15, 0.2) is 42.5 Å². The van der Waals surface area contributed by atoms with Crippen LogP contribution >= 0.6 is 0 Å². The van der Waals surface area contributed by atoms with Gasteiger partial charge in [0.05, 0.1) is 19.1 Å². The summed E-state index contributed by atoms with van der Waals surface area (Å²) in [7, 11) is 1.47. The van der Waals surface area contributed by atoms with E-state index in [1.807, 2.05) is 29.2 Å². The molecule has 2 aromatic carbocycles. The van der Waals surface area contributed by atoms with Crippen molar-refractivity contribution < 1.29 is 28.9 Å². The van der Waals surface area contributed by atoms with Crippen LogP contribution in [0.4, 0.5) is 5.69 Å². The largest absolute Gasteiger partial charge is 0.487 e. The second-order valence-corrected chi connectivity index (χ2v) is 9.18. The van der Waals surface area contributed by atoms with Gasteiger partial charge in [-0.2, -0.15) is 0 Å². The highest BCUT2D eigenvalue weighted by Gasteiger charge is 2.46. The van der Waals surface area contributed by atoms with E-state index < -0.39 is 6.10 Å². The van der Waals surface area contributed by atoms with Gasteiger partial charge in [-0.05, 0) is 42.2 Å². The first kappa shape index (κ1) is 22.8. The number of aliphatic hydroxyl groups excluding tert-OH is 1. The van der Waals surface area contributed by atoms with Crippen LogP contribution in [0.2, 0.25) is 0 Å². The minimum atomic E-state index is -0.516. The van der Waals surface area contributed by atoms with Crippen molar-refractivity contribution in [3.63, 3.8) is 0 Å². The van der Waals surface area contributed by atoms with E-state index in [0.29, 0.717) is 25.2 Å². The van der Waals surface area contributed by atoms with Crippen molar-refractivity contribution in [1.29, 1.82) is 0 Å². The van der Waals surface area contributed by atoms with Crippen LogP contribution in [0.3, 0.4) is 0 Å². The Hall–Kier alpha value is -2.94. The number of methoxy groups -OCH3 is 1. The lowest BCUT2D eigenvalue weighted by Crippen LogP contribution is -2.48. The summed E-state index contributed by atoms with van der Waals surface area (Å²) in [5.74, 6) is 0.528. The molecule has 180 valence electrons. The molecule has 8 nitrogen and oxygen atoms in total. The number of rotatable bonds is 6. The molecule has 3 heterocycles. The van der Waals surface area contributed by atoms with E-state index in [-0.39, 0.29) is 49.6 Å². The van der Waals surface area contributed by atoms with Gasteiger partial charge in [0.15, 0.2) is 0 Å². The van der Waals surface area contributed by atoms with Gasteiger partial charge < -0.3 is 29.5 Å². The zero-order valence-electron chi connectivity index (χ0n) is 19.2. The van der Waals surface area contributed by atoms with Crippen LogP contribution in [0.25, 0.3) is 0 Å². The maximum absolute atomic E-state index is 13.1. The monoisotopic (exact) mass is 466 g/mol. The second-order valence-electron chi connectivity index (χ2n) is 9.18. The summed E-state index contributed by atoms with van der Waals surface area (Å²) in [6.07, 6.45) is 0.581. The SMILES string of the molecule is COCC(=O)Nc1ccc2c(c1)[C@H]1C[C@@H](CC(=O)N3CCc4ccccc4C3)O[C@@H](CO)[C@H]1O2. The molecule has 0 saturated carbocycles. The molecule has 0 aromatic heterocycles. The number of nitrogens with one attached hydrogen (secondary N) is 1. The van der Waals surface area contributed by atoms with E-state index in [2.05, 4.69) is 17.4 Å². The predicted molar refractivity (Wildman–Crippen MR) is 125 cm³/mol. The molecule has 0 spiro atoms. The normalized spacial score (nSPS) is 25.1. The fraction of sp³-hybridized carbons (Fsp3) is 0.462. The van der Waals surface area contributed by atoms with Crippen molar-refractivity contribution in [3.05, 3.63) is 59.2 Å². The number of amides is 2. The molecule has 4 atom stereocenters. The Labute approximate surface area is 198 Å². The molecule has 5 rings (SSSR count). The van der Waals surface area contributed by atoms with Gasteiger partial charge in [0.25, 0.3) is 0 Å². The van der Waals surface area contributed by atoms with Crippen molar-refractivity contribution in [2.45, 2.75) is 50.0 Å². The molecule has 1 saturated heterocycles. The molecule has 0 aliphatic carbocycles. The summed E-state index contributed by atoms with van der Waals surface area (Å²) in [6, 6.07) is 13.8. The maximum atomic E-state index is 13.1. The van der Waals surface area contributed by atoms with Crippen LogP contribution in [-0.2, 0) is 32.0 Å². The van der Waals surface area contributed by atoms with E-state index in [1.54, 1.807) is 6.07 Å². The first-order valence-corrected chi connectivity index (χ1v) is 11.8. The standard InChI is InChI=1S/C26H30N2O6/c1-32-15-24(30)27-18-6-7-22-20(10-18)21-11-19(33-23(14-29)26(21)34-22)12-25(31)28-9-8-16-4-2-3-5-17(16)13-28/h2-7,10,19,21,23,26,29H,8-9,11-15H2,1H3,(H,27,30)/t19-,21+,23-,26-/m0/s1. The van der Waals surface area contributed by atoms with E-state index in [9.17, 15) is 14.7 Å². The Balaban J connectivity index is 1.29. The topological polar surface area (TPSA) is 97.3 Å². The number of fused-ring (bicyclic) bond motifs is 4. The lowest BCUT2D eigenvalue weighted by atomic mass is 9.84. The quantitative estimate of drug-likeness (QED) is 0.678. The van der Waals surface area contributed by atoms with Gasteiger partial charge in [-0.25, -0.2) is 0 Å². The minimum Gasteiger partial charge on any atom is -0.487 e. The highest BCUT2D eigenvalue weighted by Crippen LogP contribution is 2.47. The van der Waals surface area contributed by atoms with Crippen molar-refractivity contribution >= 4 is 17.5 Å². The zero-order chi connectivity index (χ0) is 23.7. The number of nitrogens with zero attached hydrogens (tertiary/aromatic N) is 1. The zero-order valence-corrected chi connectivity index (χ0v) is 19.2. The molecule has 1 fully saturated rings. The third kappa shape index (κ3) is 4.53. The number of carbonyl (C=O) groups excluding carboxylic acids is 2. The fourth-order valence-corrected chi connectivity index (χ4v) is 5.33. The Morgan fingerprint density at radius 1 is 1.21 bits per heavy atom. The predicted octanol–water partition coefficient (Wildman–Crippen LogP) is 2.24. The maximum Gasteiger partial charge on any atom is 0.250 e. The number of ether oxygens (including phenoxy) is 3. The Morgan fingerprint density at radius 2 is 2.03 bits per heavy atom. The van der Waals surface area contributed by atoms with Crippen LogP contribution < -0.4 is 10.1 Å². The van der Waals surface area contributed by atoms with E-state index in [1.165, 1.54) is 18.2 Å². The molecule has 0 unspecified atom stereocenters. The fourth-order valence-electron chi connectivity index (χ4n) is 5.33. The summed E-state index contributed by atoms with van der Waals surface area (Å²) in [5, 5.41) is 12.8. The Bertz CT molecular complexity index is 1070. The van der Waals surface area contributed by atoms with Crippen LogP contribution in [0.5, 0.6) is 5.75 Å². The smallest absolute Gasteiger partial charge is 0.250 e. The van der Waals surface area contributed by atoms with Crippen molar-refractivity contribution in [1.82, 2.24) is 4.90 Å². The molecule has 2 amide bonds. The van der Waals surface area contributed by atoms with Gasteiger partial charge >= 0.3 is 0 Å². The van der Waals surface area contributed by atoms with Crippen LogP contribution in [-0.4, -0.2) is 67.0 Å². The molecule has 3 aliphatic rings. The Kier molecular flexibility index (Phi) is 6.54. The molecule has 34 heavy (non-hydrogen) atoms. The van der Waals surface area contributed by atoms with E-state index in [0.717, 1.165) is 17.7 Å². The number of benzene rings is 2. The summed E-state index contributed by atoms with van der Waals surface area (Å²) in [4.78, 5) is 27.0. The van der Waals surface area contributed by atoms with Gasteiger partial charge in [0.1, 0.15) is 24.6 Å². The number of carbonyl (C=O) groups is 2. The third-order valence-corrected chi connectivity index (χ3v) is 6.94. The highest BCUT2D eigenvalue weighted by molar-refractivity contribution is 5.92. The first-order valence-electron chi connectivity index (χ1n) is 11.8. The molecule has 0 radical (unpaired) electrons. The average Bonchev–Trinajstić information content (AvgIpc) is 3.21. The Morgan fingerprint density at radius 3 is 2.82 bits per heavy atom. The molecule has 2 N–H and O–H groups in total. The van der Waals surface area contributed by atoms with Gasteiger partial charge in [0.2, 0.25) is 11.8 Å². The van der Waals surface area contributed by atoms with E-state index >= 15 is 0 Å². The average molecular weight is 467 g/mol. The summed E-state index contributed by atoms with van der Waals surface area (Å²) >= 11 is 0. The number of hydrogen-bond donors (Lipinski definition) is 2. The number of anilines is 1. The third-order valence-electron chi connectivity index (χ3n) is 6.94. The lowest BCUT2D eigenvalue weighted by molar-refractivity contribution is -0.149. The van der Waals surface area contributed by atoms with Crippen molar-refractivity contribution in [3.8, 4) is 5.75 Å². The van der Waals surface area contributed by atoms with Crippen molar-refractivity contribution in [2.24, 2.45) is 0 Å². The first-order chi connectivity index (χ1) is 16.6. The molecule has 3 aliphatic heterocycles. The molecule has 2 aromatic rings. The minimum absolute atomic E-state index is 0.0226. The summed E-state index contributed by atoms with van der Waals surface area (Å²) in [6.45, 7) is 1.11. The molecular weight excluding hydrogens is 436 g/mol. The number of aliphatic hydroxyl groups is 1. The van der Waals surface area contributed by atoms with Gasteiger partial charge in [-0.1, -0.05) is 24.3 Å². The van der Waals surface area contributed by atoms with Gasteiger partial charge in [-0.3, -0.25) is 9.59 Å². The molecular formula is C26H30N2O6. The molecule has 0 bridgehead atoms. The van der Waals surface area contributed by atoms with Crippen LogP contribution in [0, 0.1) is 0 Å². The summed E-state index contributed by atoms with van der Waals surface area (Å²) < 4.78 is 17.1. The lowest BCUT2D eigenvalue weighted by Gasteiger charge is -2.38. The highest BCUT2D eigenvalue weighted by atomic mass is 16.6.